The summed E-state index contributed by atoms with van der Waals surface area (Å²) >= 11 is 0. The van der Waals surface area contributed by atoms with Crippen LogP contribution in [0.3, 0.4) is 0 Å². The number of hydrogen-bond acceptors (Lipinski definition) is 4. The van der Waals surface area contributed by atoms with Gasteiger partial charge in [0.1, 0.15) is 0 Å². The second-order valence-electron chi connectivity index (χ2n) is 4.22. The molecule has 1 N–H and O–H groups in total. The number of Topliss-reactive ketones (excluding diaryl/α,β-unsaturated/α-hetero) is 1. The molecular formula is C10H20O5P+. The first-order chi connectivity index (χ1) is 7.37. The van der Waals surface area contributed by atoms with Crippen LogP contribution in [0.4, 0.5) is 0 Å². The van der Waals surface area contributed by atoms with Crippen molar-refractivity contribution in [3.63, 3.8) is 0 Å². The molecule has 0 bridgehead atoms. The Morgan fingerprint density at radius 2 is 2.00 bits per heavy atom. The fourth-order valence-corrected chi connectivity index (χ4v) is 1.43. The van der Waals surface area contributed by atoms with Crippen LogP contribution in [0.1, 0.15) is 39.5 Å². The van der Waals surface area contributed by atoms with E-state index >= 15 is 0 Å². The molecule has 0 aromatic heterocycles. The van der Waals surface area contributed by atoms with Crippen molar-refractivity contribution in [1.82, 2.24) is 0 Å². The molecule has 0 aliphatic rings. The lowest BCUT2D eigenvalue weighted by atomic mass is 10.00. The minimum Gasteiger partial charge on any atom is -0.379 e. The molecule has 0 aromatic carbocycles. The predicted octanol–water partition coefficient (Wildman–Crippen LogP) is 2.21. The summed E-state index contributed by atoms with van der Waals surface area (Å²) in [5.41, 5.74) is -0.159. The van der Waals surface area contributed by atoms with Gasteiger partial charge in [0.05, 0.1) is 5.60 Å². The summed E-state index contributed by atoms with van der Waals surface area (Å²) < 4.78 is 19.7. The van der Waals surface area contributed by atoms with E-state index in [4.69, 9.17) is 9.63 Å². The normalized spacial score (nSPS) is 12.6. The lowest BCUT2D eigenvalue weighted by Gasteiger charge is -2.22. The van der Waals surface area contributed by atoms with Crippen LogP contribution in [0.5, 0.6) is 0 Å². The molecule has 0 saturated heterocycles. The molecule has 94 valence electrons. The molecular weight excluding hydrogens is 231 g/mol. The Kier molecular flexibility index (Phi) is 7.68. The fraction of sp³-hybridized carbons (Fsp3) is 0.900. The summed E-state index contributed by atoms with van der Waals surface area (Å²) in [7, 11) is -1.00. The highest BCUT2D eigenvalue weighted by molar-refractivity contribution is 7.32. The van der Waals surface area contributed by atoms with Crippen molar-refractivity contribution in [3.8, 4) is 0 Å². The van der Waals surface area contributed by atoms with Crippen LogP contribution >= 0.6 is 8.25 Å². The third kappa shape index (κ3) is 8.92. The first-order valence-electron chi connectivity index (χ1n) is 5.23. The number of methoxy groups -OCH3 is 1. The minimum atomic E-state index is -2.66. The van der Waals surface area contributed by atoms with Gasteiger partial charge >= 0.3 is 8.25 Å². The van der Waals surface area contributed by atoms with Crippen LogP contribution in [0, 0.1) is 0 Å². The van der Waals surface area contributed by atoms with Crippen molar-refractivity contribution in [3.05, 3.63) is 0 Å². The first kappa shape index (κ1) is 15.7. The largest absolute Gasteiger partial charge is 0.695 e. The molecule has 0 radical (unpaired) electrons. The molecule has 0 amide bonds. The molecule has 0 saturated carbocycles. The number of hydrogen-bond donors (Lipinski definition) is 1. The lowest BCUT2D eigenvalue weighted by Crippen LogP contribution is -2.22. The van der Waals surface area contributed by atoms with Crippen LogP contribution in [0.15, 0.2) is 0 Å². The highest BCUT2D eigenvalue weighted by atomic mass is 31.1. The third-order valence-corrected chi connectivity index (χ3v) is 2.72. The number of carbonyl (C=O) groups excluding carboxylic acids is 1. The van der Waals surface area contributed by atoms with E-state index < -0.39 is 8.25 Å². The SMILES string of the molecule is COC(C)(C)CCCCC(=O)CO[P+](=O)O. The van der Waals surface area contributed by atoms with E-state index in [-0.39, 0.29) is 18.0 Å². The van der Waals surface area contributed by atoms with Gasteiger partial charge in [-0.1, -0.05) is 6.42 Å². The molecule has 1 unspecified atom stereocenters. The summed E-state index contributed by atoms with van der Waals surface area (Å²) in [6.07, 6.45) is 2.89. The lowest BCUT2D eigenvalue weighted by molar-refractivity contribution is -0.121. The average molecular weight is 251 g/mol. The number of carbonyl (C=O) groups is 1. The summed E-state index contributed by atoms with van der Waals surface area (Å²) in [5.74, 6) is -0.146. The van der Waals surface area contributed by atoms with E-state index in [2.05, 4.69) is 4.52 Å². The molecule has 0 spiro atoms. The molecule has 0 aromatic rings. The highest BCUT2D eigenvalue weighted by Crippen LogP contribution is 2.18. The molecule has 0 heterocycles. The van der Waals surface area contributed by atoms with Crippen LogP contribution in [0.2, 0.25) is 0 Å². The first-order valence-corrected chi connectivity index (χ1v) is 6.36. The quantitative estimate of drug-likeness (QED) is 0.502. The molecule has 6 heteroatoms. The molecule has 1 atom stereocenters. The Morgan fingerprint density at radius 1 is 1.38 bits per heavy atom. The molecule has 0 rings (SSSR count). The van der Waals surface area contributed by atoms with E-state index in [1.165, 1.54) is 0 Å². The third-order valence-electron chi connectivity index (χ3n) is 2.37. The zero-order chi connectivity index (χ0) is 12.6. The Labute approximate surface area is 97.1 Å². The molecule has 5 nitrogen and oxygen atoms in total. The summed E-state index contributed by atoms with van der Waals surface area (Å²) in [5, 5.41) is 0. The van der Waals surface area contributed by atoms with Crippen molar-refractivity contribution >= 4 is 14.0 Å². The summed E-state index contributed by atoms with van der Waals surface area (Å²) in [4.78, 5) is 19.5. The average Bonchev–Trinajstić information content (AvgIpc) is 2.21. The van der Waals surface area contributed by atoms with Crippen LogP contribution in [-0.4, -0.2) is 30.0 Å². The van der Waals surface area contributed by atoms with Gasteiger partial charge in [-0.05, 0) is 26.7 Å². The van der Waals surface area contributed by atoms with Crippen LogP contribution < -0.4 is 0 Å². The monoisotopic (exact) mass is 251 g/mol. The van der Waals surface area contributed by atoms with Gasteiger partial charge in [-0.15, -0.1) is 9.42 Å². The summed E-state index contributed by atoms with van der Waals surface area (Å²) in [6.45, 7) is 3.71. The topological polar surface area (TPSA) is 72.8 Å². The van der Waals surface area contributed by atoms with E-state index in [0.717, 1.165) is 19.3 Å². The zero-order valence-electron chi connectivity index (χ0n) is 10.1. The van der Waals surface area contributed by atoms with E-state index in [0.29, 0.717) is 6.42 Å². The van der Waals surface area contributed by atoms with Crippen LogP contribution in [-0.2, 0) is 18.6 Å². The Hall–Kier alpha value is -0.350. The van der Waals surface area contributed by atoms with Gasteiger partial charge in [0.25, 0.3) is 0 Å². The molecule has 16 heavy (non-hydrogen) atoms. The maximum Gasteiger partial charge on any atom is 0.695 e. The number of rotatable bonds is 9. The van der Waals surface area contributed by atoms with Crippen molar-refractivity contribution in [2.24, 2.45) is 0 Å². The number of ether oxygens (including phenoxy) is 1. The predicted molar refractivity (Wildman–Crippen MR) is 60.3 cm³/mol. The second kappa shape index (κ2) is 7.85. The Morgan fingerprint density at radius 3 is 2.50 bits per heavy atom. The van der Waals surface area contributed by atoms with E-state index in [1.54, 1.807) is 7.11 Å². The highest BCUT2D eigenvalue weighted by Gasteiger charge is 2.17. The molecule has 0 aliphatic carbocycles. The standard InChI is InChI=1S/C10H19O5P/c1-10(2,14-3)7-5-4-6-9(11)8-15-16(12)13/h4-8H2,1-3H3/p+1. The molecule has 0 aliphatic heterocycles. The van der Waals surface area contributed by atoms with Crippen molar-refractivity contribution in [1.29, 1.82) is 0 Å². The van der Waals surface area contributed by atoms with Gasteiger partial charge in [0, 0.05) is 18.1 Å². The van der Waals surface area contributed by atoms with Gasteiger partial charge < -0.3 is 4.74 Å². The van der Waals surface area contributed by atoms with Crippen molar-refractivity contribution < 1.29 is 23.5 Å². The number of unbranched alkanes of at least 4 members (excludes halogenated alkanes) is 1. The number of ketones is 1. The Balaban J connectivity index is 3.52. The van der Waals surface area contributed by atoms with Gasteiger partial charge in [0.15, 0.2) is 12.4 Å². The van der Waals surface area contributed by atoms with Crippen LogP contribution in [0.25, 0.3) is 0 Å². The maximum atomic E-state index is 11.1. The second-order valence-corrected chi connectivity index (χ2v) is 4.95. The summed E-state index contributed by atoms with van der Waals surface area (Å²) in [6, 6.07) is 0. The smallest absolute Gasteiger partial charge is 0.379 e. The van der Waals surface area contributed by atoms with Crippen molar-refractivity contribution in [2.75, 3.05) is 13.7 Å². The van der Waals surface area contributed by atoms with Gasteiger partial charge in [-0.3, -0.25) is 4.79 Å². The van der Waals surface area contributed by atoms with E-state index in [1.807, 2.05) is 13.8 Å². The van der Waals surface area contributed by atoms with Gasteiger partial charge in [0.2, 0.25) is 0 Å². The maximum absolute atomic E-state index is 11.1. The van der Waals surface area contributed by atoms with E-state index in [9.17, 15) is 9.36 Å². The fourth-order valence-electron chi connectivity index (χ4n) is 1.17. The Bertz CT molecular complexity index is 239. The minimum absolute atomic E-state index is 0.146. The molecule has 0 fully saturated rings. The van der Waals surface area contributed by atoms with Gasteiger partial charge in [-0.2, -0.15) is 0 Å². The van der Waals surface area contributed by atoms with Gasteiger partial charge in [-0.25, -0.2) is 0 Å². The zero-order valence-corrected chi connectivity index (χ0v) is 11.0. The van der Waals surface area contributed by atoms with Crippen molar-refractivity contribution in [2.45, 2.75) is 45.1 Å².